The number of hydrogen-bond acceptors (Lipinski definition) is 6. The maximum atomic E-state index is 12.6. The highest BCUT2D eigenvalue weighted by Gasteiger charge is 2.12. The molecule has 0 spiro atoms. The van der Waals surface area contributed by atoms with Crippen molar-refractivity contribution >= 4 is 71.8 Å². The number of carbonyl (C=O) groups is 2. The molecule has 0 unspecified atom stereocenters. The van der Waals surface area contributed by atoms with Crippen molar-refractivity contribution in [1.29, 1.82) is 0 Å². The predicted octanol–water partition coefficient (Wildman–Crippen LogP) is 5.54. The third-order valence-electron chi connectivity index (χ3n) is 5.24. The van der Waals surface area contributed by atoms with Gasteiger partial charge in [-0.05, 0) is 87.5 Å². The molecule has 0 bridgehead atoms. The number of nitrogens with one attached hydrogen (secondary N) is 3. The summed E-state index contributed by atoms with van der Waals surface area (Å²) >= 11 is 12.1. The van der Waals surface area contributed by atoms with Crippen LogP contribution in [0.4, 0.5) is 0 Å². The molecule has 4 rings (SSSR count). The molecule has 0 saturated heterocycles. The van der Waals surface area contributed by atoms with Gasteiger partial charge in [0.1, 0.15) is 30.5 Å². The molecular formula is C28H23Br2N3O5S. The first kappa shape index (κ1) is 28.3. The number of para-hydroxylation sites is 1. The van der Waals surface area contributed by atoms with Crippen molar-refractivity contribution in [1.82, 2.24) is 16.2 Å². The molecule has 0 heterocycles. The van der Waals surface area contributed by atoms with Crippen LogP contribution in [-0.2, 0) is 4.79 Å². The zero-order chi connectivity index (χ0) is 27.6. The molecule has 4 aromatic rings. The Kier molecular flexibility index (Phi) is 10.1. The van der Waals surface area contributed by atoms with E-state index < -0.39 is 11.8 Å². The molecule has 0 aliphatic heterocycles. The lowest BCUT2D eigenvalue weighted by Gasteiger charge is -2.13. The summed E-state index contributed by atoms with van der Waals surface area (Å²) in [5, 5.41) is 4.40. The van der Waals surface area contributed by atoms with Crippen LogP contribution in [0.15, 0.2) is 93.9 Å². The minimum Gasteiger partial charge on any atom is -0.490 e. The van der Waals surface area contributed by atoms with Gasteiger partial charge in [0.15, 0.2) is 11.7 Å². The minimum atomic E-state index is -0.484. The van der Waals surface area contributed by atoms with E-state index in [4.69, 9.17) is 26.4 Å². The summed E-state index contributed by atoms with van der Waals surface area (Å²) in [7, 11) is 0. The quantitative estimate of drug-likeness (QED) is 0.122. The maximum absolute atomic E-state index is 12.6. The van der Waals surface area contributed by atoms with Gasteiger partial charge in [0.25, 0.3) is 11.8 Å². The SMILES string of the molecule is O=C(COc1ccc2cc(Br)ccc2c1Br)NNC(=S)NC(=O)c1cccc(OCCOc2ccccc2)c1. The molecule has 0 radical (unpaired) electrons. The lowest BCUT2D eigenvalue weighted by Crippen LogP contribution is -2.49. The molecule has 11 heteroatoms. The molecule has 8 nitrogen and oxygen atoms in total. The van der Waals surface area contributed by atoms with Crippen molar-refractivity contribution in [3.63, 3.8) is 0 Å². The fourth-order valence-electron chi connectivity index (χ4n) is 3.43. The summed E-state index contributed by atoms with van der Waals surface area (Å²) in [6.45, 7) is 0.396. The number of fused-ring (bicyclic) bond motifs is 1. The molecule has 39 heavy (non-hydrogen) atoms. The van der Waals surface area contributed by atoms with Gasteiger partial charge >= 0.3 is 0 Å². The van der Waals surface area contributed by atoms with Crippen LogP contribution in [0.3, 0.4) is 0 Å². The fourth-order valence-corrected chi connectivity index (χ4v) is 4.56. The second-order valence-electron chi connectivity index (χ2n) is 8.03. The number of benzene rings is 4. The van der Waals surface area contributed by atoms with E-state index in [0.29, 0.717) is 30.3 Å². The monoisotopic (exact) mass is 671 g/mol. The van der Waals surface area contributed by atoms with Crippen LogP contribution < -0.4 is 30.4 Å². The first-order valence-corrected chi connectivity index (χ1v) is 13.7. The van der Waals surface area contributed by atoms with E-state index in [9.17, 15) is 9.59 Å². The van der Waals surface area contributed by atoms with Gasteiger partial charge in [-0.1, -0.05) is 52.3 Å². The highest BCUT2D eigenvalue weighted by Crippen LogP contribution is 2.34. The molecule has 0 aliphatic rings. The molecule has 0 aliphatic carbocycles. The topological polar surface area (TPSA) is 97.9 Å². The number of hydrogen-bond donors (Lipinski definition) is 3. The normalized spacial score (nSPS) is 10.4. The summed E-state index contributed by atoms with van der Waals surface area (Å²) in [6.07, 6.45) is 0. The van der Waals surface area contributed by atoms with E-state index in [2.05, 4.69) is 48.0 Å². The number of halogens is 2. The van der Waals surface area contributed by atoms with Crippen LogP contribution in [0.5, 0.6) is 17.2 Å². The Morgan fingerprint density at radius 3 is 2.31 bits per heavy atom. The smallest absolute Gasteiger partial charge is 0.276 e. The lowest BCUT2D eigenvalue weighted by molar-refractivity contribution is -0.123. The number of rotatable bonds is 9. The fraction of sp³-hybridized carbons (Fsp3) is 0.107. The molecule has 0 saturated carbocycles. The average molecular weight is 673 g/mol. The standard InChI is InChI=1S/C28H23Br2N3O5S/c29-20-10-11-23-18(15-20)9-12-24(26(23)30)38-17-25(34)32-33-28(39)31-27(35)19-5-4-8-22(16-19)37-14-13-36-21-6-2-1-3-7-21/h1-12,15-16H,13-14,17H2,(H,32,34)(H2,31,33,35,39). The van der Waals surface area contributed by atoms with Gasteiger partial charge in [-0.2, -0.15) is 0 Å². The summed E-state index contributed by atoms with van der Waals surface area (Å²) in [4.78, 5) is 24.8. The van der Waals surface area contributed by atoms with E-state index in [1.54, 1.807) is 30.3 Å². The van der Waals surface area contributed by atoms with Gasteiger partial charge in [0, 0.05) is 10.0 Å². The summed E-state index contributed by atoms with van der Waals surface area (Å²) in [5.74, 6) is 0.836. The van der Waals surface area contributed by atoms with E-state index >= 15 is 0 Å². The minimum absolute atomic E-state index is 0.0756. The molecule has 4 aromatic carbocycles. The summed E-state index contributed by atoms with van der Waals surface area (Å²) < 4.78 is 18.6. The van der Waals surface area contributed by atoms with Crippen LogP contribution in [0.2, 0.25) is 0 Å². The van der Waals surface area contributed by atoms with E-state index in [0.717, 1.165) is 25.5 Å². The van der Waals surface area contributed by atoms with Crippen molar-refractivity contribution in [2.75, 3.05) is 19.8 Å². The highest BCUT2D eigenvalue weighted by atomic mass is 79.9. The highest BCUT2D eigenvalue weighted by molar-refractivity contribution is 9.11. The molecule has 0 aromatic heterocycles. The van der Waals surface area contributed by atoms with Crippen LogP contribution >= 0.6 is 44.1 Å². The van der Waals surface area contributed by atoms with Gasteiger partial charge in [-0.25, -0.2) is 0 Å². The second kappa shape index (κ2) is 13.9. The lowest BCUT2D eigenvalue weighted by atomic mass is 10.1. The number of ether oxygens (including phenoxy) is 3. The Morgan fingerprint density at radius 1 is 0.769 bits per heavy atom. The van der Waals surface area contributed by atoms with E-state index in [-0.39, 0.29) is 11.7 Å². The van der Waals surface area contributed by atoms with Crippen molar-refractivity contribution < 1.29 is 23.8 Å². The molecule has 0 fully saturated rings. The number of thiocarbonyl (C=S) groups is 1. The molecule has 2 amide bonds. The third kappa shape index (κ3) is 8.41. The maximum Gasteiger partial charge on any atom is 0.276 e. The van der Waals surface area contributed by atoms with Gasteiger partial charge < -0.3 is 14.2 Å². The van der Waals surface area contributed by atoms with Crippen molar-refractivity contribution in [2.24, 2.45) is 0 Å². The van der Waals surface area contributed by atoms with Crippen molar-refractivity contribution in [3.8, 4) is 17.2 Å². The van der Waals surface area contributed by atoms with Gasteiger partial charge in [0.2, 0.25) is 0 Å². The zero-order valence-corrected chi connectivity index (χ0v) is 24.4. The van der Waals surface area contributed by atoms with Crippen LogP contribution in [0.25, 0.3) is 10.8 Å². The van der Waals surface area contributed by atoms with E-state index in [1.807, 2.05) is 54.6 Å². The Hall–Kier alpha value is -3.67. The van der Waals surface area contributed by atoms with Gasteiger partial charge in [-0.3, -0.25) is 25.8 Å². The van der Waals surface area contributed by atoms with Crippen LogP contribution in [0, 0.1) is 0 Å². The Bertz CT molecular complexity index is 1490. The largest absolute Gasteiger partial charge is 0.490 e. The molecule has 0 atom stereocenters. The van der Waals surface area contributed by atoms with Crippen LogP contribution in [0.1, 0.15) is 10.4 Å². The third-order valence-corrected chi connectivity index (χ3v) is 6.76. The Morgan fingerprint density at radius 2 is 1.51 bits per heavy atom. The molecule has 3 N–H and O–H groups in total. The van der Waals surface area contributed by atoms with Crippen molar-refractivity contribution in [2.45, 2.75) is 0 Å². The average Bonchev–Trinajstić information content (AvgIpc) is 2.94. The van der Waals surface area contributed by atoms with Gasteiger partial charge in [-0.15, -0.1) is 0 Å². The summed E-state index contributed by atoms with van der Waals surface area (Å²) in [6, 6.07) is 25.6. The first-order chi connectivity index (χ1) is 18.9. The zero-order valence-electron chi connectivity index (χ0n) is 20.4. The summed E-state index contributed by atoms with van der Waals surface area (Å²) in [5.41, 5.74) is 5.24. The Labute approximate surface area is 247 Å². The number of carbonyl (C=O) groups excluding carboxylic acids is 2. The van der Waals surface area contributed by atoms with E-state index in [1.165, 1.54) is 0 Å². The number of amides is 2. The molecular weight excluding hydrogens is 650 g/mol. The first-order valence-electron chi connectivity index (χ1n) is 11.7. The molecule has 200 valence electrons. The van der Waals surface area contributed by atoms with Crippen LogP contribution in [-0.4, -0.2) is 36.7 Å². The number of hydrazine groups is 1. The second-order valence-corrected chi connectivity index (χ2v) is 10.1. The Balaban J connectivity index is 1.19. The van der Waals surface area contributed by atoms with Crippen molar-refractivity contribution in [3.05, 3.63) is 99.4 Å². The van der Waals surface area contributed by atoms with Gasteiger partial charge in [0.05, 0.1) is 4.47 Å². The predicted molar refractivity (Wildman–Crippen MR) is 160 cm³/mol.